The van der Waals surface area contributed by atoms with Crippen LogP contribution in [0.15, 0.2) is 81.1 Å². The fourth-order valence-corrected chi connectivity index (χ4v) is 6.69. The number of methoxy groups -OCH3 is 2. The number of hydrogen-bond donors (Lipinski definition) is 0. The molecular formula is C31H32N2O7S. The van der Waals surface area contributed by atoms with Gasteiger partial charge in [0.05, 0.1) is 19.1 Å². The highest BCUT2D eigenvalue weighted by molar-refractivity contribution is 7.91. The van der Waals surface area contributed by atoms with Crippen LogP contribution in [0.25, 0.3) is 11.5 Å². The summed E-state index contributed by atoms with van der Waals surface area (Å²) in [7, 11) is -0.971. The summed E-state index contributed by atoms with van der Waals surface area (Å²) < 4.78 is 56.5. The Morgan fingerprint density at radius 1 is 0.878 bits per heavy atom. The Bertz CT molecular complexity index is 1630. The fraction of sp³-hybridized carbons (Fsp3) is 0.323. The van der Waals surface area contributed by atoms with Crippen LogP contribution in [-0.2, 0) is 16.3 Å². The van der Waals surface area contributed by atoms with Crippen molar-refractivity contribution in [2.75, 3.05) is 45.4 Å². The Kier molecular flexibility index (Phi) is 7.49. The van der Waals surface area contributed by atoms with Gasteiger partial charge in [0.1, 0.15) is 13.2 Å². The molecule has 0 bridgehead atoms. The molecule has 214 valence electrons. The van der Waals surface area contributed by atoms with Crippen molar-refractivity contribution >= 4 is 15.7 Å². The summed E-state index contributed by atoms with van der Waals surface area (Å²) in [6.07, 6.45) is 2.81. The van der Waals surface area contributed by atoms with E-state index in [2.05, 4.69) is 29.2 Å². The topological polar surface area (TPSA) is 100 Å². The number of anilines is 1. The third kappa shape index (κ3) is 5.44. The van der Waals surface area contributed by atoms with Gasteiger partial charge in [-0.3, -0.25) is 0 Å². The van der Waals surface area contributed by atoms with Crippen molar-refractivity contribution in [3.8, 4) is 34.5 Å². The van der Waals surface area contributed by atoms with E-state index < -0.39 is 9.84 Å². The number of fused-ring (bicyclic) bond motifs is 1. The van der Waals surface area contributed by atoms with Crippen molar-refractivity contribution in [1.82, 2.24) is 4.98 Å². The Labute approximate surface area is 239 Å². The number of oxazole rings is 1. The standard InChI is InChI=1S/C31H32N2O7S/c1-36-25-10-8-23(19-27(25)37-2)29-32-30(41(34,35)24-9-11-26-28(20-24)39-17-16-38-26)31(40-29)33-14-12-22(13-15-33)18-21-6-4-3-5-7-21/h3-11,19-20,22H,12-18H2,1-2H3. The fourth-order valence-electron chi connectivity index (χ4n) is 5.36. The molecule has 0 N–H and O–H groups in total. The molecule has 0 saturated carbocycles. The zero-order chi connectivity index (χ0) is 28.4. The lowest BCUT2D eigenvalue weighted by atomic mass is 9.90. The summed E-state index contributed by atoms with van der Waals surface area (Å²) >= 11 is 0. The zero-order valence-electron chi connectivity index (χ0n) is 23.0. The molecule has 10 heteroatoms. The van der Waals surface area contributed by atoms with Gasteiger partial charge in [-0.25, -0.2) is 8.42 Å². The number of sulfone groups is 1. The van der Waals surface area contributed by atoms with Gasteiger partial charge in [-0.05, 0) is 61.1 Å². The highest BCUT2D eigenvalue weighted by Gasteiger charge is 2.34. The molecule has 2 aliphatic heterocycles. The lowest BCUT2D eigenvalue weighted by Gasteiger charge is -2.32. The van der Waals surface area contributed by atoms with Crippen LogP contribution in [-0.4, -0.2) is 53.9 Å². The van der Waals surface area contributed by atoms with Crippen LogP contribution in [0.5, 0.6) is 23.0 Å². The first-order chi connectivity index (χ1) is 20.0. The molecule has 0 amide bonds. The van der Waals surface area contributed by atoms with Crippen LogP contribution in [0.4, 0.5) is 5.88 Å². The van der Waals surface area contributed by atoms with Gasteiger partial charge in [-0.2, -0.15) is 4.98 Å². The maximum absolute atomic E-state index is 14.1. The number of ether oxygens (including phenoxy) is 4. The molecule has 0 spiro atoms. The largest absolute Gasteiger partial charge is 0.493 e. The average Bonchev–Trinajstić information content (AvgIpc) is 3.48. The van der Waals surface area contributed by atoms with E-state index in [1.807, 2.05) is 11.0 Å². The number of hydrogen-bond acceptors (Lipinski definition) is 9. The summed E-state index contributed by atoms with van der Waals surface area (Å²) in [6.45, 7) is 2.08. The molecule has 9 nitrogen and oxygen atoms in total. The van der Waals surface area contributed by atoms with E-state index in [1.165, 1.54) is 17.7 Å². The monoisotopic (exact) mass is 576 g/mol. The molecule has 4 aromatic rings. The lowest BCUT2D eigenvalue weighted by Crippen LogP contribution is -2.34. The Morgan fingerprint density at radius 3 is 2.34 bits per heavy atom. The van der Waals surface area contributed by atoms with Crippen molar-refractivity contribution in [2.45, 2.75) is 29.2 Å². The van der Waals surface area contributed by atoms with Gasteiger partial charge in [0.25, 0.3) is 0 Å². The first-order valence-corrected chi connectivity index (χ1v) is 15.1. The molecule has 1 aromatic heterocycles. The number of benzene rings is 3. The minimum atomic E-state index is -4.07. The van der Waals surface area contributed by atoms with E-state index >= 15 is 0 Å². The first-order valence-electron chi connectivity index (χ1n) is 13.6. The molecule has 2 aliphatic rings. The van der Waals surface area contributed by atoms with E-state index in [4.69, 9.17) is 23.4 Å². The van der Waals surface area contributed by atoms with Gasteiger partial charge >= 0.3 is 0 Å². The second kappa shape index (κ2) is 11.4. The van der Waals surface area contributed by atoms with Crippen molar-refractivity contribution < 1.29 is 31.8 Å². The quantitative estimate of drug-likeness (QED) is 0.272. The Morgan fingerprint density at radius 2 is 1.61 bits per heavy atom. The third-order valence-electron chi connectivity index (χ3n) is 7.56. The van der Waals surface area contributed by atoms with Crippen LogP contribution in [0.3, 0.4) is 0 Å². The Balaban J connectivity index is 1.35. The highest BCUT2D eigenvalue weighted by atomic mass is 32.2. The predicted octanol–water partition coefficient (Wildman–Crippen LogP) is 5.42. The van der Waals surface area contributed by atoms with Gasteiger partial charge < -0.3 is 28.3 Å². The molecule has 0 atom stereocenters. The van der Waals surface area contributed by atoms with E-state index in [1.54, 1.807) is 38.5 Å². The van der Waals surface area contributed by atoms with Gasteiger partial charge in [0.15, 0.2) is 23.0 Å². The number of nitrogens with zero attached hydrogens (tertiary/aromatic N) is 2. The maximum atomic E-state index is 14.1. The third-order valence-corrected chi connectivity index (χ3v) is 9.21. The highest BCUT2D eigenvalue weighted by Crippen LogP contribution is 2.40. The minimum Gasteiger partial charge on any atom is -0.493 e. The molecule has 0 radical (unpaired) electrons. The zero-order valence-corrected chi connectivity index (χ0v) is 23.9. The molecular weight excluding hydrogens is 544 g/mol. The maximum Gasteiger partial charge on any atom is 0.236 e. The van der Waals surface area contributed by atoms with Crippen molar-refractivity contribution in [1.29, 1.82) is 0 Å². The van der Waals surface area contributed by atoms with Crippen molar-refractivity contribution in [3.05, 3.63) is 72.3 Å². The molecule has 6 rings (SSSR count). The van der Waals surface area contributed by atoms with Crippen molar-refractivity contribution in [3.63, 3.8) is 0 Å². The number of rotatable bonds is 8. The van der Waals surface area contributed by atoms with E-state index in [0.717, 1.165) is 19.3 Å². The van der Waals surface area contributed by atoms with Gasteiger partial charge in [0, 0.05) is 24.7 Å². The van der Waals surface area contributed by atoms with Crippen LogP contribution < -0.4 is 23.8 Å². The van der Waals surface area contributed by atoms with Crippen molar-refractivity contribution in [2.24, 2.45) is 5.92 Å². The molecule has 1 fully saturated rings. The van der Waals surface area contributed by atoms with Gasteiger partial charge in [-0.15, -0.1) is 0 Å². The molecule has 41 heavy (non-hydrogen) atoms. The minimum absolute atomic E-state index is 0.0640. The summed E-state index contributed by atoms with van der Waals surface area (Å²) in [5, 5.41) is -0.125. The molecule has 3 aromatic carbocycles. The first kappa shape index (κ1) is 27.0. The van der Waals surface area contributed by atoms with Gasteiger partial charge in [-0.1, -0.05) is 30.3 Å². The Hall–Kier alpha value is -4.18. The summed E-state index contributed by atoms with van der Waals surface area (Å²) in [5.41, 5.74) is 1.88. The number of piperidine rings is 1. The summed E-state index contributed by atoms with van der Waals surface area (Å²) in [6, 6.07) is 20.3. The van der Waals surface area contributed by atoms with Crippen LogP contribution in [0.1, 0.15) is 18.4 Å². The average molecular weight is 577 g/mol. The normalized spacial score (nSPS) is 15.5. The van der Waals surface area contributed by atoms with E-state index in [-0.39, 0.29) is 21.7 Å². The molecule has 0 aliphatic carbocycles. The van der Waals surface area contributed by atoms with Crippen LogP contribution >= 0.6 is 0 Å². The van der Waals surface area contributed by atoms with Crippen LogP contribution in [0, 0.1) is 5.92 Å². The predicted molar refractivity (Wildman–Crippen MR) is 153 cm³/mol. The summed E-state index contributed by atoms with van der Waals surface area (Å²) in [5.74, 6) is 2.87. The lowest BCUT2D eigenvalue weighted by molar-refractivity contribution is 0.171. The molecule has 0 unspecified atom stereocenters. The SMILES string of the molecule is COc1ccc(-c2nc(S(=O)(=O)c3ccc4c(c3)OCCO4)c(N3CCC(Cc4ccccc4)CC3)o2)cc1OC. The molecule has 1 saturated heterocycles. The second-order valence-corrected chi connectivity index (χ2v) is 12.0. The molecule has 3 heterocycles. The van der Waals surface area contributed by atoms with Gasteiger partial charge in [0.2, 0.25) is 26.6 Å². The smallest absolute Gasteiger partial charge is 0.236 e. The van der Waals surface area contributed by atoms with Crippen LogP contribution in [0.2, 0.25) is 0 Å². The second-order valence-electron chi connectivity index (χ2n) is 10.1. The van der Waals surface area contributed by atoms with E-state index in [9.17, 15) is 8.42 Å². The summed E-state index contributed by atoms with van der Waals surface area (Å²) in [4.78, 5) is 6.62. The number of aromatic nitrogens is 1. The van der Waals surface area contributed by atoms with E-state index in [0.29, 0.717) is 60.8 Å².